The number of nitrogens with zero attached hydrogens (tertiary/aromatic N) is 1. The van der Waals surface area contributed by atoms with E-state index in [4.69, 9.17) is 0 Å². The monoisotopic (exact) mass is 358 g/mol. The molecule has 1 saturated heterocycles. The molecule has 0 spiro atoms. The lowest BCUT2D eigenvalue weighted by Crippen LogP contribution is -2.29. The summed E-state index contributed by atoms with van der Waals surface area (Å²) in [5.74, 6) is 0.0144. The Balaban J connectivity index is 1.57. The van der Waals surface area contributed by atoms with Gasteiger partial charge in [-0.2, -0.15) is 0 Å². The summed E-state index contributed by atoms with van der Waals surface area (Å²) < 4.78 is 27.3. The highest BCUT2D eigenvalue weighted by Crippen LogP contribution is 2.20. The molecule has 1 aliphatic rings. The molecule has 0 atom stereocenters. The molecule has 0 aromatic heterocycles. The van der Waals surface area contributed by atoms with E-state index in [-0.39, 0.29) is 5.75 Å². The van der Waals surface area contributed by atoms with E-state index in [2.05, 4.69) is 21.8 Å². The molecule has 0 radical (unpaired) electrons. The predicted molar refractivity (Wildman–Crippen MR) is 103 cm³/mol. The second-order valence-corrected chi connectivity index (χ2v) is 8.59. The Morgan fingerprint density at radius 2 is 1.68 bits per heavy atom. The molecule has 2 aromatic rings. The van der Waals surface area contributed by atoms with Gasteiger partial charge in [-0.15, -0.1) is 0 Å². The molecule has 0 unspecified atom stereocenters. The Kier molecular flexibility index (Phi) is 5.76. The van der Waals surface area contributed by atoms with Crippen LogP contribution >= 0.6 is 0 Å². The van der Waals surface area contributed by atoms with Crippen LogP contribution in [0.1, 0.15) is 36.0 Å². The van der Waals surface area contributed by atoms with Crippen LogP contribution in [0.2, 0.25) is 0 Å². The average Bonchev–Trinajstić information content (AvgIpc) is 2.61. The van der Waals surface area contributed by atoms with Crippen molar-refractivity contribution in [2.24, 2.45) is 0 Å². The fourth-order valence-corrected chi connectivity index (χ4v) is 4.35. The number of piperidine rings is 1. The van der Waals surface area contributed by atoms with Gasteiger partial charge in [-0.1, -0.05) is 42.0 Å². The highest BCUT2D eigenvalue weighted by atomic mass is 32.2. The molecule has 1 N–H and O–H groups in total. The van der Waals surface area contributed by atoms with Crippen LogP contribution in [-0.4, -0.2) is 21.5 Å². The standard InChI is InChI=1S/C20H26N2O2S/c1-17-6-5-7-19(14-17)16-25(23,24)21-15-18-8-10-20(11-9-18)22-12-3-2-4-13-22/h5-11,14,21H,2-4,12-13,15-16H2,1H3. The van der Waals surface area contributed by atoms with E-state index in [1.54, 1.807) is 0 Å². The van der Waals surface area contributed by atoms with Crippen LogP contribution in [0.25, 0.3) is 0 Å². The first kappa shape index (κ1) is 18.0. The lowest BCUT2D eigenvalue weighted by molar-refractivity contribution is 0.577. The molecule has 3 rings (SSSR count). The Bertz CT molecular complexity index is 795. The fraction of sp³-hybridized carbons (Fsp3) is 0.400. The van der Waals surface area contributed by atoms with E-state index in [9.17, 15) is 8.42 Å². The summed E-state index contributed by atoms with van der Waals surface area (Å²) >= 11 is 0. The summed E-state index contributed by atoms with van der Waals surface area (Å²) in [7, 11) is -3.34. The van der Waals surface area contributed by atoms with Crippen LogP contribution in [0.4, 0.5) is 5.69 Å². The molecule has 0 saturated carbocycles. The first-order valence-corrected chi connectivity index (χ1v) is 10.5. The fourth-order valence-electron chi connectivity index (χ4n) is 3.24. The van der Waals surface area contributed by atoms with Gasteiger partial charge in [-0.05, 0) is 49.4 Å². The van der Waals surface area contributed by atoms with E-state index in [1.807, 2.05) is 43.3 Å². The highest BCUT2D eigenvalue weighted by Gasteiger charge is 2.13. The summed E-state index contributed by atoms with van der Waals surface area (Å²) in [6, 6.07) is 15.8. The lowest BCUT2D eigenvalue weighted by atomic mass is 10.1. The number of rotatable bonds is 6. The van der Waals surface area contributed by atoms with E-state index >= 15 is 0 Å². The maximum atomic E-state index is 12.3. The van der Waals surface area contributed by atoms with Crippen molar-refractivity contribution in [1.29, 1.82) is 0 Å². The van der Waals surface area contributed by atoms with Gasteiger partial charge < -0.3 is 4.90 Å². The Labute approximate surface area is 150 Å². The van der Waals surface area contributed by atoms with Gasteiger partial charge in [0.15, 0.2) is 0 Å². The van der Waals surface area contributed by atoms with Gasteiger partial charge in [0.05, 0.1) is 5.75 Å². The van der Waals surface area contributed by atoms with Crippen molar-refractivity contribution in [3.63, 3.8) is 0 Å². The molecule has 1 heterocycles. The van der Waals surface area contributed by atoms with Gasteiger partial charge in [-0.3, -0.25) is 0 Å². The third kappa shape index (κ3) is 5.31. The van der Waals surface area contributed by atoms with Gasteiger partial charge in [0.1, 0.15) is 0 Å². The first-order chi connectivity index (χ1) is 12.0. The van der Waals surface area contributed by atoms with E-state index < -0.39 is 10.0 Å². The maximum Gasteiger partial charge on any atom is 0.216 e. The molecule has 0 bridgehead atoms. The van der Waals surface area contributed by atoms with Crippen LogP contribution in [-0.2, 0) is 22.3 Å². The van der Waals surface area contributed by atoms with Gasteiger partial charge >= 0.3 is 0 Å². The van der Waals surface area contributed by atoms with E-state index in [1.165, 1.54) is 24.9 Å². The quantitative estimate of drug-likeness (QED) is 0.858. The normalized spacial score (nSPS) is 15.3. The van der Waals surface area contributed by atoms with Crippen molar-refractivity contribution < 1.29 is 8.42 Å². The van der Waals surface area contributed by atoms with Crippen molar-refractivity contribution in [1.82, 2.24) is 4.72 Å². The molecular formula is C20H26N2O2S. The molecule has 4 nitrogen and oxygen atoms in total. The third-order valence-electron chi connectivity index (χ3n) is 4.59. The molecule has 25 heavy (non-hydrogen) atoms. The number of benzene rings is 2. The average molecular weight is 359 g/mol. The number of sulfonamides is 1. The van der Waals surface area contributed by atoms with Crippen LogP contribution in [0.5, 0.6) is 0 Å². The summed E-state index contributed by atoms with van der Waals surface area (Å²) in [6.45, 7) is 4.52. The van der Waals surface area contributed by atoms with Crippen LogP contribution < -0.4 is 9.62 Å². The molecule has 0 amide bonds. The molecule has 0 aliphatic carbocycles. The number of hydrogen-bond donors (Lipinski definition) is 1. The van der Waals surface area contributed by atoms with Gasteiger partial charge in [0.2, 0.25) is 10.0 Å². The Morgan fingerprint density at radius 1 is 0.960 bits per heavy atom. The summed E-state index contributed by atoms with van der Waals surface area (Å²) in [5.41, 5.74) is 4.09. The molecule has 5 heteroatoms. The zero-order chi connectivity index (χ0) is 17.7. The second kappa shape index (κ2) is 8.02. The maximum absolute atomic E-state index is 12.3. The van der Waals surface area contributed by atoms with Crippen molar-refractivity contribution in [2.75, 3.05) is 18.0 Å². The summed E-state index contributed by atoms with van der Waals surface area (Å²) in [4.78, 5) is 2.40. The zero-order valence-corrected chi connectivity index (χ0v) is 15.6. The van der Waals surface area contributed by atoms with Crippen molar-refractivity contribution >= 4 is 15.7 Å². The molecular weight excluding hydrogens is 332 g/mol. The lowest BCUT2D eigenvalue weighted by Gasteiger charge is -2.28. The van der Waals surface area contributed by atoms with Crippen molar-refractivity contribution in [3.8, 4) is 0 Å². The summed E-state index contributed by atoms with van der Waals surface area (Å²) in [6.07, 6.45) is 3.82. The Morgan fingerprint density at radius 3 is 2.36 bits per heavy atom. The van der Waals surface area contributed by atoms with E-state index in [0.717, 1.165) is 29.8 Å². The van der Waals surface area contributed by atoms with Crippen molar-refractivity contribution in [3.05, 3.63) is 65.2 Å². The van der Waals surface area contributed by atoms with Crippen LogP contribution in [0.3, 0.4) is 0 Å². The minimum Gasteiger partial charge on any atom is -0.372 e. The largest absolute Gasteiger partial charge is 0.372 e. The van der Waals surface area contributed by atoms with Crippen molar-refractivity contribution in [2.45, 2.75) is 38.5 Å². The highest BCUT2D eigenvalue weighted by molar-refractivity contribution is 7.88. The van der Waals surface area contributed by atoms with Gasteiger partial charge in [0.25, 0.3) is 0 Å². The van der Waals surface area contributed by atoms with E-state index in [0.29, 0.717) is 6.54 Å². The number of hydrogen-bond acceptors (Lipinski definition) is 3. The number of nitrogens with one attached hydrogen (secondary N) is 1. The summed E-state index contributed by atoms with van der Waals surface area (Å²) in [5, 5.41) is 0. The smallest absolute Gasteiger partial charge is 0.216 e. The second-order valence-electron chi connectivity index (χ2n) is 6.78. The third-order valence-corrected chi connectivity index (χ3v) is 5.89. The van der Waals surface area contributed by atoms with Crippen LogP contribution in [0, 0.1) is 6.92 Å². The molecule has 1 aliphatic heterocycles. The molecule has 1 fully saturated rings. The van der Waals surface area contributed by atoms with Gasteiger partial charge in [0, 0.05) is 25.3 Å². The number of anilines is 1. The molecule has 2 aromatic carbocycles. The Hall–Kier alpha value is -1.85. The minimum absolute atomic E-state index is 0.0144. The first-order valence-electron chi connectivity index (χ1n) is 8.89. The zero-order valence-electron chi connectivity index (χ0n) is 14.7. The topological polar surface area (TPSA) is 49.4 Å². The predicted octanol–water partition coefficient (Wildman–Crippen LogP) is 3.60. The number of aryl methyl sites for hydroxylation is 1. The van der Waals surface area contributed by atoms with Crippen LogP contribution in [0.15, 0.2) is 48.5 Å². The SMILES string of the molecule is Cc1cccc(CS(=O)(=O)NCc2ccc(N3CCCCC3)cc2)c1. The minimum atomic E-state index is -3.34. The molecule has 134 valence electrons. The van der Waals surface area contributed by atoms with Gasteiger partial charge in [-0.25, -0.2) is 13.1 Å².